The number of ketones is 1. The Morgan fingerprint density at radius 3 is 2.30 bits per heavy atom. The van der Waals surface area contributed by atoms with Crippen molar-refractivity contribution in [3.8, 4) is 5.75 Å². The number of aromatic amines is 1. The predicted molar refractivity (Wildman–Crippen MR) is 168 cm³/mol. The van der Waals surface area contributed by atoms with Gasteiger partial charge in [-0.05, 0) is 74.8 Å². The maximum Gasteiger partial charge on any atom is 0.339 e. The quantitative estimate of drug-likeness (QED) is 0.118. The SMILES string of the molecule is CC(C)(C)OC(=O)c1cccc(N(C(=O)CN)c2n[nH]c(=S)s2)c1C(=O)[C@@H](N)Cc1ccc(OCc2ccccc2)cc1. The predicted octanol–water partition coefficient (Wildman–Crippen LogP) is 5.11. The molecule has 4 aromatic rings. The summed E-state index contributed by atoms with van der Waals surface area (Å²) >= 11 is 6.18. The van der Waals surface area contributed by atoms with E-state index in [0.717, 1.165) is 22.5 Å². The first-order chi connectivity index (χ1) is 20.5. The molecule has 0 aliphatic carbocycles. The Kier molecular flexibility index (Phi) is 10.2. The molecule has 1 aromatic heterocycles. The lowest BCUT2D eigenvalue weighted by Crippen LogP contribution is -2.38. The minimum absolute atomic E-state index is 0.0357. The largest absolute Gasteiger partial charge is 0.489 e. The van der Waals surface area contributed by atoms with Crippen molar-refractivity contribution in [2.45, 2.75) is 45.4 Å². The fraction of sp³-hybridized carbons (Fsp3) is 0.258. The topological polar surface area (TPSA) is 154 Å². The van der Waals surface area contributed by atoms with E-state index in [2.05, 4.69) is 10.2 Å². The zero-order valence-electron chi connectivity index (χ0n) is 24.0. The molecule has 0 saturated heterocycles. The van der Waals surface area contributed by atoms with Crippen LogP contribution in [0.5, 0.6) is 5.75 Å². The summed E-state index contributed by atoms with van der Waals surface area (Å²) in [7, 11) is 0. The van der Waals surface area contributed by atoms with Crippen LogP contribution in [0.1, 0.15) is 52.6 Å². The number of ether oxygens (including phenoxy) is 2. The first-order valence-corrected chi connectivity index (χ1v) is 14.7. The van der Waals surface area contributed by atoms with Gasteiger partial charge in [-0.3, -0.25) is 19.6 Å². The molecule has 0 aliphatic rings. The maximum absolute atomic E-state index is 14.1. The van der Waals surface area contributed by atoms with Gasteiger partial charge in [0.05, 0.1) is 29.4 Å². The van der Waals surface area contributed by atoms with E-state index >= 15 is 0 Å². The molecule has 12 heteroatoms. The average Bonchev–Trinajstić information content (AvgIpc) is 3.41. The normalized spacial score (nSPS) is 11.9. The molecule has 10 nitrogen and oxygen atoms in total. The highest BCUT2D eigenvalue weighted by Gasteiger charge is 2.32. The van der Waals surface area contributed by atoms with Crippen molar-refractivity contribution in [1.29, 1.82) is 0 Å². The molecule has 0 fully saturated rings. The highest BCUT2D eigenvalue weighted by Crippen LogP contribution is 2.34. The van der Waals surface area contributed by atoms with Crippen LogP contribution >= 0.6 is 23.6 Å². The minimum atomic E-state index is -1.06. The smallest absolute Gasteiger partial charge is 0.339 e. The van der Waals surface area contributed by atoms with E-state index in [1.54, 1.807) is 26.8 Å². The number of Topliss-reactive ketones (excluding diaryl/α,β-unsaturated/α-hetero) is 1. The van der Waals surface area contributed by atoms with E-state index in [1.807, 2.05) is 54.6 Å². The zero-order valence-corrected chi connectivity index (χ0v) is 25.7. The molecule has 0 bridgehead atoms. The van der Waals surface area contributed by atoms with Crippen LogP contribution in [0.4, 0.5) is 10.8 Å². The Balaban J connectivity index is 1.66. The van der Waals surface area contributed by atoms with Crippen molar-refractivity contribution < 1.29 is 23.9 Å². The second-order valence-electron chi connectivity index (χ2n) is 10.6. The molecule has 5 N–H and O–H groups in total. The summed E-state index contributed by atoms with van der Waals surface area (Å²) in [6.45, 7) is 5.19. The summed E-state index contributed by atoms with van der Waals surface area (Å²) in [5, 5.41) is 6.91. The van der Waals surface area contributed by atoms with Crippen molar-refractivity contribution in [2.24, 2.45) is 11.5 Å². The van der Waals surface area contributed by atoms with E-state index in [9.17, 15) is 14.4 Å². The molecule has 0 spiro atoms. The molecule has 0 saturated carbocycles. The van der Waals surface area contributed by atoms with Gasteiger partial charge in [0.25, 0.3) is 0 Å². The third-order valence-corrected chi connectivity index (χ3v) is 7.23. The second kappa shape index (κ2) is 13.8. The fourth-order valence-corrected chi connectivity index (χ4v) is 5.15. The van der Waals surface area contributed by atoms with Gasteiger partial charge >= 0.3 is 5.97 Å². The second-order valence-corrected chi connectivity index (χ2v) is 12.3. The van der Waals surface area contributed by atoms with E-state index in [4.69, 9.17) is 33.2 Å². The molecule has 43 heavy (non-hydrogen) atoms. The van der Waals surface area contributed by atoms with Gasteiger partial charge < -0.3 is 20.9 Å². The molecule has 1 heterocycles. The van der Waals surface area contributed by atoms with Crippen LogP contribution in [0.15, 0.2) is 72.8 Å². The van der Waals surface area contributed by atoms with Gasteiger partial charge in [-0.15, -0.1) is 5.10 Å². The summed E-state index contributed by atoms with van der Waals surface area (Å²) < 4.78 is 11.8. The Hall–Kier alpha value is -4.23. The number of H-pyrrole nitrogens is 1. The number of nitrogens with zero attached hydrogens (tertiary/aromatic N) is 2. The Morgan fingerprint density at radius 2 is 1.70 bits per heavy atom. The monoisotopic (exact) mass is 619 g/mol. The molecule has 4 rings (SSSR count). The number of nitrogens with one attached hydrogen (secondary N) is 1. The van der Waals surface area contributed by atoms with Crippen molar-refractivity contribution in [3.05, 3.63) is 99.0 Å². The van der Waals surface area contributed by atoms with Crippen LogP contribution < -0.4 is 21.1 Å². The van der Waals surface area contributed by atoms with Crippen molar-refractivity contribution in [2.75, 3.05) is 11.4 Å². The lowest BCUT2D eigenvalue weighted by atomic mass is 9.93. The number of hydrogen-bond acceptors (Lipinski definition) is 10. The number of carbonyl (C=O) groups is 3. The van der Waals surface area contributed by atoms with Gasteiger partial charge in [0, 0.05) is 0 Å². The van der Waals surface area contributed by atoms with E-state index < -0.39 is 29.3 Å². The number of anilines is 2. The summed E-state index contributed by atoms with van der Waals surface area (Å²) in [5.74, 6) is -1.19. The summed E-state index contributed by atoms with van der Waals surface area (Å²) in [6.07, 6.45) is 0.159. The van der Waals surface area contributed by atoms with Gasteiger partial charge in [0.15, 0.2) is 9.74 Å². The van der Waals surface area contributed by atoms with E-state index in [0.29, 0.717) is 16.3 Å². The average molecular weight is 620 g/mol. The first-order valence-electron chi connectivity index (χ1n) is 13.5. The molecule has 0 aliphatic heterocycles. The van der Waals surface area contributed by atoms with Crippen LogP contribution in [0.3, 0.4) is 0 Å². The van der Waals surface area contributed by atoms with E-state index in [-0.39, 0.29) is 34.9 Å². The zero-order chi connectivity index (χ0) is 31.1. The Bertz CT molecular complexity index is 1650. The van der Waals surface area contributed by atoms with Crippen LogP contribution in [0, 0.1) is 3.95 Å². The Labute approximate surface area is 258 Å². The molecular formula is C31H33N5O5S2. The minimum Gasteiger partial charge on any atom is -0.489 e. The molecule has 0 radical (unpaired) electrons. The molecule has 3 aromatic carbocycles. The Morgan fingerprint density at radius 1 is 1.00 bits per heavy atom. The van der Waals surface area contributed by atoms with Crippen LogP contribution in [0.2, 0.25) is 0 Å². The number of carbonyl (C=O) groups excluding carboxylic acids is 3. The van der Waals surface area contributed by atoms with Gasteiger partial charge in [0.1, 0.15) is 18.0 Å². The first kappa shape index (κ1) is 31.7. The summed E-state index contributed by atoms with van der Waals surface area (Å²) in [4.78, 5) is 41.7. The third kappa shape index (κ3) is 8.20. The van der Waals surface area contributed by atoms with Crippen LogP contribution in [-0.2, 0) is 22.6 Å². The number of aromatic nitrogens is 2. The van der Waals surface area contributed by atoms with Crippen molar-refractivity contribution >= 4 is 52.0 Å². The summed E-state index contributed by atoms with van der Waals surface area (Å²) in [6, 6.07) is 20.6. The number of rotatable bonds is 11. The highest BCUT2D eigenvalue weighted by molar-refractivity contribution is 7.73. The standard InChI is InChI=1S/C31H33N5O5S2/c1-31(2,3)41-28(39)22-10-7-11-24(36(25(37)17-32)29-34-35-30(42)43-29)26(22)27(38)23(33)16-19-12-14-21(15-13-19)40-18-20-8-5-4-6-9-20/h4-15,23H,16-18,32-33H2,1-3H3,(H,35,42)/t23-/m0/s1. The third-order valence-electron chi connectivity index (χ3n) is 6.15. The maximum atomic E-state index is 14.1. The van der Waals surface area contributed by atoms with E-state index in [1.165, 1.54) is 17.0 Å². The molecule has 224 valence electrons. The summed E-state index contributed by atoms with van der Waals surface area (Å²) in [5.41, 5.74) is 13.2. The molecule has 0 unspecified atom stereocenters. The number of hydrogen-bond donors (Lipinski definition) is 3. The number of benzene rings is 3. The number of esters is 1. The van der Waals surface area contributed by atoms with Crippen molar-refractivity contribution in [3.63, 3.8) is 0 Å². The highest BCUT2D eigenvalue weighted by atomic mass is 32.1. The van der Waals surface area contributed by atoms with Crippen LogP contribution in [0.25, 0.3) is 0 Å². The molecular weight excluding hydrogens is 587 g/mol. The number of amides is 1. The molecule has 1 atom stereocenters. The lowest BCUT2D eigenvalue weighted by Gasteiger charge is -2.25. The number of nitrogens with two attached hydrogens (primary N) is 2. The van der Waals surface area contributed by atoms with Gasteiger partial charge in [-0.1, -0.05) is 59.9 Å². The molecule has 1 amide bonds. The van der Waals surface area contributed by atoms with Gasteiger partial charge in [-0.25, -0.2) is 4.79 Å². The fourth-order valence-electron chi connectivity index (χ4n) is 4.24. The van der Waals surface area contributed by atoms with Gasteiger partial charge in [0.2, 0.25) is 11.0 Å². The van der Waals surface area contributed by atoms with Crippen molar-refractivity contribution in [1.82, 2.24) is 10.2 Å². The lowest BCUT2D eigenvalue weighted by molar-refractivity contribution is -0.116. The van der Waals surface area contributed by atoms with Gasteiger partial charge in [-0.2, -0.15) is 0 Å². The van der Waals surface area contributed by atoms with Crippen LogP contribution in [-0.4, -0.2) is 46.0 Å².